The standard InChI is InChI=1S/C8H10N2O2/c1-2-3-4-7-6(8(11)12)5-9-10-7/h3-5H,2H2,1H3,(H,9,10)(H,11,12)/b4-3+. The monoisotopic (exact) mass is 166 g/mol. The van der Waals surface area contributed by atoms with E-state index in [0.717, 1.165) is 6.42 Å². The van der Waals surface area contributed by atoms with Crippen LogP contribution in [0.3, 0.4) is 0 Å². The second kappa shape index (κ2) is 3.71. The number of aromatic carboxylic acids is 1. The Morgan fingerprint density at radius 1 is 1.83 bits per heavy atom. The number of carboxylic acid groups (broad SMARTS) is 1. The number of nitrogens with one attached hydrogen (secondary N) is 1. The van der Waals surface area contributed by atoms with Crippen molar-refractivity contribution in [2.75, 3.05) is 0 Å². The number of carbonyl (C=O) groups is 1. The molecule has 0 amide bonds. The molecule has 0 aliphatic rings. The van der Waals surface area contributed by atoms with Crippen LogP contribution in [0.2, 0.25) is 0 Å². The van der Waals surface area contributed by atoms with Gasteiger partial charge in [-0.15, -0.1) is 0 Å². The molecule has 2 N–H and O–H groups in total. The molecule has 64 valence electrons. The number of aromatic amines is 1. The van der Waals surface area contributed by atoms with Gasteiger partial charge in [0.2, 0.25) is 0 Å². The van der Waals surface area contributed by atoms with Crippen molar-refractivity contribution in [1.82, 2.24) is 10.2 Å². The molecule has 0 atom stereocenters. The molecule has 12 heavy (non-hydrogen) atoms. The molecule has 0 spiro atoms. The number of hydrogen-bond acceptors (Lipinski definition) is 2. The first kappa shape index (κ1) is 8.52. The van der Waals surface area contributed by atoms with Gasteiger partial charge in [-0.25, -0.2) is 4.79 Å². The van der Waals surface area contributed by atoms with E-state index < -0.39 is 5.97 Å². The van der Waals surface area contributed by atoms with E-state index in [1.54, 1.807) is 6.08 Å². The van der Waals surface area contributed by atoms with Crippen LogP contribution in [-0.4, -0.2) is 21.3 Å². The van der Waals surface area contributed by atoms with Crippen molar-refractivity contribution in [3.05, 3.63) is 23.5 Å². The van der Waals surface area contributed by atoms with Gasteiger partial charge in [0.15, 0.2) is 0 Å². The van der Waals surface area contributed by atoms with Gasteiger partial charge in [0, 0.05) is 0 Å². The van der Waals surface area contributed by atoms with Crippen LogP contribution in [0.1, 0.15) is 29.4 Å². The third kappa shape index (κ3) is 1.72. The highest BCUT2D eigenvalue weighted by Crippen LogP contribution is 2.06. The Labute approximate surface area is 69.9 Å². The number of nitrogens with zero attached hydrogens (tertiary/aromatic N) is 1. The summed E-state index contributed by atoms with van der Waals surface area (Å²) in [7, 11) is 0. The Morgan fingerprint density at radius 3 is 3.17 bits per heavy atom. The Hall–Kier alpha value is -1.58. The number of aromatic nitrogens is 2. The molecule has 0 unspecified atom stereocenters. The first-order valence-corrected chi connectivity index (χ1v) is 3.69. The lowest BCUT2D eigenvalue weighted by molar-refractivity contribution is 0.0697. The summed E-state index contributed by atoms with van der Waals surface area (Å²) in [4.78, 5) is 10.6. The first-order valence-electron chi connectivity index (χ1n) is 3.69. The molecular weight excluding hydrogens is 156 g/mol. The van der Waals surface area contributed by atoms with Crippen molar-refractivity contribution in [3.63, 3.8) is 0 Å². The summed E-state index contributed by atoms with van der Waals surface area (Å²) in [5, 5.41) is 14.9. The molecule has 1 aromatic heterocycles. The lowest BCUT2D eigenvalue weighted by atomic mass is 10.2. The largest absolute Gasteiger partial charge is 0.478 e. The summed E-state index contributed by atoms with van der Waals surface area (Å²) < 4.78 is 0. The highest BCUT2D eigenvalue weighted by atomic mass is 16.4. The zero-order valence-corrected chi connectivity index (χ0v) is 6.74. The summed E-state index contributed by atoms with van der Waals surface area (Å²) in [6.45, 7) is 1.98. The molecule has 0 saturated carbocycles. The van der Waals surface area contributed by atoms with Gasteiger partial charge in [-0.1, -0.05) is 13.0 Å². The molecule has 0 aliphatic carbocycles. The topological polar surface area (TPSA) is 66.0 Å². The number of hydrogen-bond donors (Lipinski definition) is 2. The van der Waals surface area contributed by atoms with E-state index in [4.69, 9.17) is 5.11 Å². The molecule has 0 aliphatic heterocycles. The van der Waals surface area contributed by atoms with Crippen LogP contribution < -0.4 is 0 Å². The maximum absolute atomic E-state index is 10.6. The Morgan fingerprint density at radius 2 is 2.58 bits per heavy atom. The van der Waals surface area contributed by atoms with E-state index in [1.807, 2.05) is 13.0 Å². The van der Waals surface area contributed by atoms with Crippen LogP contribution in [0.25, 0.3) is 6.08 Å². The molecule has 0 fully saturated rings. The zero-order chi connectivity index (χ0) is 8.97. The molecule has 0 saturated heterocycles. The van der Waals surface area contributed by atoms with Crippen molar-refractivity contribution < 1.29 is 9.90 Å². The highest BCUT2D eigenvalue weighted by Gasteiger charge is 2.08. The summed E-state index contributed by atoms with van der Waals surface area (Å²) in [6, 6.07) is 0. The number of carboxylic acids is 1. The number of allylic oxidation sites excluding steroid dienone is 1. The maximum atomic E-state index is 10.6. The van der Waals surface area contributed by atoms with Crippen molar-refractivity contribution in [3.8, 4) is 0 Å². The Balaban J connectivity index is 2.91. The quantitative estimate of drug-likeness (QED) is 0.715. The zero-order valence-electron chi connectivity index (χ0n) is 6.74. The molecule has 1 rings (SSSR count). The fourth-order valence-corrected chi connectivity index (χ4v) is 0.829. The summed E-state index contributed by atoms with van der Waals surface area (Å²) in [5.74, 6) is -0.959. The SMILES string of the molecule is CC/C=C/c1[nH]ncc1C(=O)O. The van der Waals surface area contributed by atoms with Crippen LogP contribution in [-0.2, 0) is 0 Å². The van der Waals surface area contributed by atoms with Crippen molar-refractivity contribution in [2.24, 2.45) is 0 Å². The molecule has 0 radical (unpaired) electrons. The molecule has 0 bridgehead atoms. The molecule has 4 nitrogen and oxygen atoms in total. The predicted molar refractivity (Wildman–Crippen MR) is 44.9 cm³/mol. The van der Waals surface area contributed by atoms with Crippen molar-refractivity contribution in [2.45, 2.75) is 13.3 Å². The van der Waals surface area contributed by atoms with Crippen LogP contribution in [0.5, 0.6) is 0 Å². The maximum Gasteiger partial charge on any atom is 0.339 e. The van der Waals surface area contributed by atoms with Gasteiger partial charge in [0.05, 0.1) is 11.9 Å². The van der Waals surface area contributed by atoms with Crippen LogP contribution in [0.15, 0.2) is 12.3 Å². The minimum Gasteiger partial charge on any atom is -0.478 e. The Kier molecular flexibility index (Phi) is 2.63. The summed E-state index contributed by atoms with van der Waals surface area (Å²) >= 11 is 0. The lowest BCUT2D eigenvalue weighted by Crippen LogP contribution is -1.95. The van der Waals surface area contributed by atoms with Crippen LogP contribution >= 0.6 is 0 Å². The molecule has 1 aromatic rings. The fraction of sp³-hybridized carbons (Fsp3) is 0.250. The fourth-order valence-electron chi connectivity index (χ4n) is 0.829. The van der Waals surface area contributed by atoms with E-state index in [0.29, 0.717) is 5.69 Å². The van der Waals surface area contributed by atoms with Gasteiger partial charge in [-0.2, -0.15) is 5.10 Å². The Bertz CT molecular complexity index is 302. The van der Waals surface area contributed by atoms with Gasteiger partial charge in [-0.3, -0.25) is 5.10 Å². The van der Waals surface area contributed by atoms with E-state index >= 15 is 0 Å². The van der Waals surface area contributed by atoms with Gasteiger partial charge >= 0.3 is 5.97 Å². The van der Waals surface area contributed by atoms with Gasteiger partial charge < -0.3 is 5.11 Å². The number of rotatable bonds is 3. The summed E-state index contributed by atoms with van der Waals surface area (Å²) in [6.07, 6.45) is 5.77. The number of H-pyrrole nitrogens is 1. The van der Waals surface area contributed by atoms with Crippen molar-refractivity contribution in [1.29, 1.82) is 0 Å². The normalized spacial score (nSPS) is 10.8. The van der Waals surface area contributed by atoms with E-state index in [2.05, 4.69) is 10.2 Å². The third-order valence-electron chi connectivity index (χ3n) is 1.42. The predicted octanol–water partition coefficient (Wildman–Crippen LogP) is 1.53. The van der Waals surface area contributed by atoms with Crippen LogP contribution in [0.4, 0.5) is 0 Å². The van der Waals surface area contributed by atoms with Gasteiger partial charge in [0.25, 0.3) is 0 Å². The average Bonchev–Trinajstić information content (AvgIpc) is 2.48. The van der Waals surface area contributed by atoms with E-state index in [9.17, 15) is 4.79 Å². The second-order valence-corrected chi connectivity index (χ2v) is 2.31. The van der Waals surface area contributed by atoms with Crippen LogP contribution in [0, 0.1) is 0 Å². The van der Waals surface area contributed by atoms with Crippen molar-refractivity contribution >= 4 is 12.0 Å². The first-order chi connectivity index (χ1) is 5.75. The average molecular weight is 166 g/mol. The molecule has 1 heterocycles. The second-order valence-electron chi connectivity index (χ2n) is 2.31. The lowest BCUT2D eigenvalue weighted by Gasteiger charge is -1.89. The highest BCUT2D eigenvalue weighted by molar-refractivity contribution is 5.90. The van der Waals surface area contributed by atoms with Gasteiger partial charge in [0.1, 0.15) is 5.56 Å². The summed E-state index contributed by atoms with van der Waals surface area (Å²) in [5.41, 5.74) is 0.754. The van der Waals surface area contributed by atoms with E-state index in [-0.39, 0.29) is 5.56 Å². The molecule has 0 aromatic carbocycles. The smallest absolute Gasteiger partial charge is 0.339 e. The molecular formula is C8H10N2O2. The minimum atomic E-state index is -0.959. The third-order valence-corrected chi connectivity index (χ3v) is 1.42. The molecule has 4 heteroatoms. The van der Waals surface area contributed by atoms with E-state index in [1.165, 1.54) is 6.20 Å². The van der Waals surface area contributed by atoms with Gasteiger partial charge in [-0.05, 0) is 12.5 Å². The minimum absolute atomic E-state index is 0.208.